The molecule has 0 saturated carbocycles. The van der Waals surface area contributed by atoms with Crippen LogP contribution in [0.25, 0.3) is 11.5 Å². The third kappa shape index (κ3) is 2.33. The maximum absolute atomic E-state index is 12.4. The summed E-state index contributed by atoms with van der Waals surface area (Å²) in [6, 6.07) is 5.38. The number of rotatable bonds is 1. The molecule has 0 radical (unpaired) electrons. The number of hydrogen-bond donors (Lipinski definition) is 1. The van der Waals surface area contributed by atoms with Crippen molar-refractivity contribution in [2.75, 3.05) is 6.54 Å². The second-order valence-electron chi connectivity index (χ2n) is 4.33. The second kappa shape index (κ2) is 4.34. The van der Waals surface area contributed by atoms with E-state index in [9.17, 15) is 13.2 Å². The molecule has 0 spiro atoms. The van der Waals surface area contributed by atoms with E-state index in [0.29, 0.717) is 12.1 Å². The lowest BCUT2D eigenvalue weighted by atomic mass is 9.98. The molecule has 1 N–H and O–H groups in total. The molecule has 4 nitrogen and oxygen atoms in total. The Hall–Kier alpha value is -1.89. The van der Waals surface area contributed by atoms with Crippen LogP contribution in [0.5, 0.6) is 0 Å². The number of halogens is 3. The van der Waals surface area contributed by atoms with Crippen molar-refractivity contribution in [1.29, 1.82) is 0 Å². The molecule has 1 aliphatic rings. The SMILES string of the molecule is FC(F)(F)c1noc(-c2ccc3c(c2)CNCC3)n1. The quantitative estimate of drug-likeness (QED) is 0.863. The van der Waals surface area contributed by atoms with Crippen molar-refractivity contribution in [3.05, 3.63) is 35.2 Å². The van der Waals surface area contributed by atoms with Crippen LogP contribution in [0.4, 0.5) is 13.2 Å². The molecule has 19 heavy (non-hydrogen) atoms. The van der Waals surface area contributed by atoms with Crippen LogP contribution in [0, 0.1) is 0 Å². The highest BCUT2D eigenvalue weighted by atomic mass is 19.4. The zero-order valence-electron chi connectivity index (χ0n) is 9.79. The molecule has 0 aliphatic carbocycles. The molecule has 2 heterocycles. The fraction of sp³-hybridized carbons (Fsp3) is 0.333. The molecular formula is C12H10F3N3O. The highest BCUT2D eigenvalue weighted by Gasteiger charge is 2.37. The van der Waals surface area contributed by atoms with E-state index in [1.807, 2.05) is 6.07 Å². The van der Waals surface area contributed by atoms with E-state index in [0.717, 1.165) is 18.5 Å². The molecule has 100 valence electrons. The molecule has 0 bridgehead atoms. The summed E-state index contributed by atoms with van der Waals surface area (Å²) < 4.78 is 41.9. The van der Waals surface area contributed by atoms with Crippen LogP contribution >= 0.6 is 0 Å². The lowest BCUT2D eigenvalue weighted by molar-refractivity contribution is -0.146. The first kappa shape index (κ1) is 12.2. The molecule has 2 aromatic rings. The Morgan fingerprint density at radius 1 is 1.21 bits per heavy atom. The van der Waals surface area contributed by atoms with Crippen molar-refractivity contribution >= 4 is 0 Å². The summed E-state index contributed by atoms with van der Waals surface area (Å²) in [5.74, 6) is -1.36. The van der Waals surface area contributed by atoms with Crippen LogP contribution in [0.2, 0.25) is 0 Å². The van der Waals surface area contributed by atoms with E-state index in [-0.39, 0.29) is 5.89 Å². The average molecular weight is 269 g/mol. The van der Waals surface area contributed by atoms with Crippen molar-refractivity contribution in [2.24, 2.45) is 0 Å². The first-order valence-electron chi connectivity index (χ1n) is 5.78. The fourth-order valence-electron chi connectivity index (χ4n) is 2.07. The van der Waals surface area contributed by atoms with Gasteiger partial charge in [-0.15, -0.1) is 0 Å². The lowest BCUT2D eigenvalue weighted by Gasteiger charge is -2.16. The minimum Gasteiger partial charge on any atom is -0.334 e. The van der Waals surface area contributed by atoms with Gasteiger partial charge in [-0.2, -0.15) is 18.2 Å². The van der Waals surface area contributed by atoms with Gasteiger partial charge in [0.1, 0.15) is 0 Å². The minimum absolute atomic E-state index is 0.110. The zero-order chi connectivity index (χ0) is 13.5. The van der Waals surface area contributed by atoms with Gasteiger partial charge in [0.2, 0.25) is 0 Å². The first-order chi connectivity index (χ1) is 9.04. The number of hydrogen-bond acceptors (Lipinski definition) is 4. The van der Waals surface area contributed by atoms with Crippen molar-refractivity contribution in [1.82, 2.24) is 15.5 Å². The molecule has 3 rings (SSSR count). The normalized spacial score (nSPS) is 15.3. The smallest absolute Gasteiger partial charge is 0.334 e. The first-order valence-corrected chi connectivity index (χ1v) is 5.78. The summed E-state index contributed by atoms with van der Waals surface area (Å²) in [7, 11) is 0. The van der Waals surface area contributed by atoms with E-state index in [1.54, 1.807) is 12.1 Å². The Bertz CT molecular complexity index is 607. The van der Waals surface area contributed by atoms with Crippen LogP contribution in [0.3, 0.4) is 0 Å². The average Bonchev–Trinajstić information content (AvgIpc) is 2.87. The topological polar surface area (TPSA) is 51.0 Å². The molecule has 7 heteroatoms. The highest BCUT2D eigenvalue weighted by Crippen LogP contribution is 2.29. The van der Waals surface area contributed by atoms with Crippen molar-refractivity contribution in [3.8, 4) is 11.5 Å². The predicted molar refractivity (Wildman–Crippen MR) is 60.1 cm³/mol. The van der Waals surface area contributed by atoms with E-state index >= 15 is 0 Å². The zero-order valence-corrected chi connectivity index (χ0v) is 9.79. The Kier molecular flexibility index (Phi) is 2.78. The lowest BCUT2D eigenvalue weighted by Crippen LogP contribution is -2.23. The van der Waals surface area contributed by atoms with Gasteiger partial charge in [0.05, 0.1) is 0 Å². The van der Waals surface area contributed by atoms with Crippen molar-refractivity contribution in [3.63, 3.8) is 0 Å². The third-order valence-corrected chi connectivity index (χ3v) is 3.02. The number of alkyl halides is 3. The van der Waals surface area contributed by atoms with E-state index < -0.39 is 12.0 Å². The Labute approximate surface area is 106 Å². The van der Waals surface area contributed by atoms with Gasteiger partial charge in [0.25, 0.3) is 11.7 Å². The van der Waals surface area contributed by atoms with E-state index in [2.05, 4.69) is 20.0 Å². The van der Waals surface area contributed by atoms with Gasteiger partial charge >= 0.3 is 6.18 Å². The largest absolute Gasteiger partial charge is 0.455 e. The predicted octanol–water partition coefficient (Wildman–Crippen LogP) is 2.40. The second-order valence-corrected chi connectivity index (χ2v) is 4.33. The number of fused-ring (bicyclic) bond motifs is 1. The maximum atomic E-state index is 12.4. The van der Waals surface area contributed by atoms with E-state index in [4.69, 9.17) is 0 Å². The van der Waals surface area contributed by atoms with Crippen molar-refractivity contribution in [2.45, 2.75) is 19.1 Å². The summed E-state index contributed by atoms with van der Waals surface area (Å²) in [4.78, 5) is 3.38. The Balaban J connectivity index is 1.96. The van der Waals surface area contributed by atoms with Crippen LogP contribution in [-0.4, -0.2) is 16.7 Å². The summed E-state index contributed by atoms with van der Waals surface area (Å²) in [6.07, 6.45) is -3.68. The van der Waals surface area contributed by atoms with E-state index in [1.165, 1.54) is 5.56 Å². The van der Waals surface area contributed by atoms with Crippen molar-refractivity contribution < 1.29 is 17.7 Å². The van der Waals surface area contributed by atoms with Gasteiger partial charge in [-0.1, -0.05) is 11.2 Å². The molecule has 0 amide bonds. The van der Waals surface area contributed by atoms with Crippen LogP contribution in [-0.2, 0) is 19.1 Å². The third-order valence-electron chi connectivity index (χ3n) is 3.02. The molecule has 0 saturated heterocycles. The van der Waals surface area contributed by atoms with Crippen LogP contribution in [0.1, 0.15) is 17.0 Å². The standard InChI is InChI=1S/C12H10F3N3O/c13-12(14,15)11-17-10(19-18-11)8-2-1-7-3-4-16-6-9(7)5-8/h1-2,5,16H,3-4,6H2. The molecule has 1 aliphatic heterocycles. The van der Waals surface area contributed by atoms with Gasteiger partial charge in [-0.25, -0.2) is 0 Å². The number of aromatic nitrogens is 2. The fourth-order valence-corrected chi connectivity index (χ4v) is 2.07. The van der Waals surface area contributed by atoms with Gasteiger partial charge in [0.15, 0.2) is 0 Å². The van der Waals surface area contributed by atoms with Gasteiger partial charge < -0.3 is 9.84 Å². The summed E-state index contributed by atoms with van der Waals surface area (Å²) >= 11 is 0. The summed E-state index contributed by atoms with van der Waals surface area (Å²) in [6.45, 7) is 1.61. The summed E-state index contributed by atoms with van der Waals surface area (Å²) in [5.41, 5.74) is 2.75. The van der Waals surface area contributed by atoms with Gasteiger partial charge in [-0.3, -0.25) is 0 Å². The number of benzene rings is 1. The molecule has 1 aromatic carbocycles. The number of nitrogens with zero attached hydrogens (tertiary/aromatic N) is 2. The Morgan fingerprint density at radius 2 is 2.05 bits per heavy atom. The van der Waals surface area contributed by atoms with Crippen LogP contribution in [0.15, 0.2) is 22.7 Å². The van der Waals surface area contributed by atoms with Gasteiger partial charge in [-0.05, 0) is 36.2 Å². The highest BCUT2D eigenvalue weighted by molar-refractivity contribution is 5.56. The monoisotopic (exact) mass is 269 g/mol. The number of nitrogens with one attached hydrogen (secondary N) is 1. The van der Waals surface area contributed by atoms with Crippen LogP contribution < -0.4 is 5.32 Å². The maximum Gasteiger partial charge on any atom is 0.455 e. The molecule has 1 aromatic heterocycles. The molecule has 0 fully saturated rings. The minimum atomic E-state index is -4.59. The van der Waals surface area contributed by atoms with Gasteiger partial charge in [0, 0.05) is 12.1 Å². The Morgan fingerprint density at radius 3 is 2.79 bits per heavy atom. The molecule has 0 atom stereocenters. The molecular weight excluding hydrogens is 259 g/mol. The molecule has 0 unspecified atom stereocenters. The summed E-state index contributed by atoms with van der Waals surface area (Å²) in [5, 5.41) is 6.15.